The number of carbonyl (C=O) groups excluding carboxylic acids is 2. The van der Waals surface area contributed by atoms with Gasteiger partial charge in [-0.2, -0.15) is 0 Å². The normalized spacial score (nSPS) is 13.8. The number of urea groups is 1. The Labute approximate surface area is 238 Å². The lowest BCUT2D eigenvalue weighted by Gasteiger charge is -2.28. The number of amides is 3. The molecule has 4 rings (SSSR count). The molecule has 0 aliphatic carbocycles. The first kappa shape index (κ1) is 28.7. The van der Waals surface area contributed by atoms with Crippen molar-refractivity contribution in [1.82, 2.24) is 10.2 Å². The first-order chi connectivity index (χ1) is 18.5. The molecule has 1 heterocycles. The third kappa shape index (κ3) is 6.66. The van der Waals surface area contributed by atoms with Crippen LogP contribution in [0, 0.1) is 0 Å². The average molecular weight is 591 g/mol. The molecule has 206 valence electrons. The third-order valence-electron chi connectivity index (χ3n) is 6.67. The van der Waals surface area contributed by atoms with Crippen LogP contribution in [0.5, 0.6) is 5.75 Å². The molecular weight excluding hydrogens is 561 g/mol. The van der Waals surface area contributed by atoms with Crippen molar-refractivity contribution in [2.45, 2.75) is 43.5 Å². The molecule has 0 bridgehead atoms. The maximum atomic E-state index is 13.1. The van der Waals surface area contributed by atoms with Gasteiger partial charge in [0.2, 0.25) is 5.91 Å². The van der Waals surface area contributed by atoms with Gasteiger partial charge in [-0.25, -0.2) is 13.2 Å². The molecule has 39 heavy (non-hydrogen) atoms. The van der Waals surface area contributed by atoms with Gasteiger partial charge in [-0.1, -0.05) is 47.5 Å². The van der Waals surface area contributed by atoms with Gasteiger partial charge >= 0.3 is 6.03 Å². The van der Waals surface area contributed by atoms with Crippen molar-refractivity contribution < 1.29 is 22.7 Å². The highest BCUT2D eigenvalue weighted by Gasteiger charge is 2.21. The monoisotopic (exact) mass is 589 g/mol. The van der Waals surface area contributed by atoms with Crippen LogP contribution in [-0.2, 0) is 33.4 Å². The highest BCUT2D eigenvalue weighted by atomic mass is 35.5. The van der Waals surface area contributed by atoms with Crippen LogP contribution in [0.15, 0.2) is 59.5 Å². The Kier molecular flexibility index (Phi) is 8.73. The Balaban J connectivity index is 1.38. The molecule has 0 spiro atoms. The maximum absolute atomic E-state index is 13.1. The zero-order valence-corrected chi connectivity index (χ0v) is 24.1. The summed E-state index contributed by atoms with van der Waals surface area (Å²) in [4.78, 5) is 26.1. The summed E-state index contributed by atoms with van der Waals surface area (Å²) in [5.74, 6) is 0.320. The van der Waals surface area contributed by atoms with E-state index in [2.05, 4.69) is 10.6 Å². The summed E-state index contributed by atoms with van der Waals surface area (Å²) in [5, 5.41) is 6.04. The fourth-order valence-electron chi connectivity index (χ4n) is 4.49. The molecule has 3 aromatic carbocycles. The lowest BCUT2D eigenvalue weighted by Crippen LogP contribution is -2.34. The summed E-state index contributed by atoms with van der Waals surface area (Å²) in [5.41, 5.74) is 3.85. The second kappa shape index (κ2) is 11.9. The molecule has 0 radical (unpaired) electrons. The van der Waals surface area contributed by atoms with Gasteiger partial charge in [-0.15, -0.1) is 0 Å². The number of sulfone groups is 1. The molecule has 2 N–H and O–H groups in total. The molecule has 1 aliphatic rings. The molecule has 0 aromatic heterocycles. The molecule has 0 saturated heterocycles. The van der Waals surface area contributed by atoms with Crippen LogP contribution in [0.1, 0.15) is 42.1 Å². The smallest absolute Gasteiger partial charge is 0.319 e. The number of anilines is 1. The quantitative estimate of drug-likeness (QED) is 0.364. The average Bonchev–Trinajstić information content (AvgIpc) is 2.89. The number of hydrogen-bond donors (Lipinski definition) is 2. The van der Waals surface area contributed by atoms with Crippen LogP contribution >= 0.6 is 23.2 Å². The Morgan fingerprint density at radius 2 is 1.74 bits per heavy atom. The largest absolute Gasteiger partial charge is 0.495 e. The number of nitrogens with zero attached hydrogens (tertiary/aromatic N) is 1. The summed E-state index contributed by atoms with van der Waals surface area (Å²) >= 11 is 12.5. The molecule has 1 atom stereocenters. The van der Waals surface area contributed by atoms with E-state index in [0.717, 1.165) is 11.1 Å². The van der Waals surface area contributed by atoms with E-state index in [0.29, 0.717) is 42.1 Å². The van der Waals surface area contributed by atoms with Crippen molar-refractivity contribution in [2.24, 2.45) is 0 Å². The minimum absolute atomic E-state index is 0.0313. The summed E-state index contributed by atoms with van der Waals surface area (Å²) in [6.07, 6.45) is 0.696. The molecule has 3 aromatic rings. The predicted octanol–water partition coefficient (Wildman–Crippen LogP) is 5.76. The van der Waals surface area contributed by atoms with Crippen LogP contribution in [0.2, 0.25) is 10.0 Å². The van der Waals surface area contributed by atoms with Crippen LogP contribution in [0.4, 0.5) is 10.5 Å². The number of fused-ring (bicyclic) bond motifs is 1. The predicted molar refractivity (Wildman–Crippen MR) is 152 cm³/mol. The van der Waals surface area contributed by atoms with Crippen molar-refractivity contribution in [3.63, 3.8) is 0 Å². The Hall–Kier alpha value is -3.27. The van der Waals surface area contributed by atoms with Gasteiger partial charge in [-0.3, -0.25) is 4.79 Å². The summed E-state index contributed by atoms with van der Waals surface area (Å²) < 4.78 is 31.3. The summed E-state index contributed by atoms with van der Waals surface area (Å²) in [7, 11) is -2.12. The molecular formula is C28H29Cl2N3O5S. The number of nitrogens with one attached hydrogen (secondary N) is 2. The van der Waals surface area contributed by atoms with E-state index in [-0.39, 0.29) is 26.6 Å². The zero-order chi connectivity index (χ0) is 28.3. The van der Waals surface area contributed by atoms with E-state index in [1.54, 1.807) is 36.9 Å². The van der Waals surface area contributed by atoms with Gasteiger partial charge in [0, 0.05) is 25.7 Å². The highest BCUT2D eigenvalue weighted by molar-refractivity contribution is 7.90. The Bertz CT molecular complexity index is 1510. The molecule has 11 heteroatoms. The van der Waals surface area contributed by atoms with Crippen molar-refractivity contribution in [3.05, 3.63) is 86.9 Å². The van der Waals surface area contributed by atoms with Crippen molar-refractivity contribution in [1.29, 1.82) is 0 Å². The van der Waals surface area contributed by atoms with Gasteiger partial charge in [-0.05, 0) is 65.9 Å². The van der Waals surface area contributed by atoms with Crippen LogP contribution in [0.25, 0.3) is 0 Å². The van der Waals surface area contributed by atoms with Crippen LogP contribution < -0.4 is 15.4 Å². The van der Waals surface area contributed by atoms with E-state index in [4.69, 9.17) is 27.9 Å². The van der Waals surface area contributed by atoms with Gasteiger partial charge in [0.1, 0.15) is 10.8 Å². The van der Waals surface area contributed by atoms with Gasteiger partial charge in [0.15, 0.2) is 9.84 Å². The molecule has 8 nitrogen and oxygen atoms in total. The van der Waals surface area contributed by atoms with E-state index in [9.17, 15) is 18.0 Å². The van der Waals surface area contributed by atoms with Crippen LogP contribution in [-0.4, -0.2) is 38.9 Å². The van der Waals surface area contributed by atoms with Gasteiger partial charge in [0.25, 0.3) is 0 Å². The van der Waals surface area contributed by atoms with E-state index < -0.39 is 21.9 Å². The number of benzene rings is 3. The van der Waals surface area contributed by atoms with E-state index >= 15 is 0 Å². The van der Waals surface area contributed by atoms with Gasteiger partial charge in [0.05, 0.1) is 28.8 Å². The van der Waals surface area contributed by atoms with Crippen molar-refractivity contribution in [3.8, 4) is 5.75 Å². The van der Waals surface area contributed by atoms with E-state index in [1.807, 2.05) is 12.1 Å². The van der Waals surface area contributed by atoms with Crippen LogP contribution in [0.3, 0.4) is 0 Å². The maximum Gasteiger partial charge on any atom is 0.319 e. The molecule has 0 fully saturated rings. The Morgan fingerprint density at radius 1 is 1.03 bits per heavy atom. The lowest BCUT2D eigenvalue weighted by atomic mass is 9.98. The van der Waals surface area contributed by atoms with E-state index in [1.165, 1.54) is 31.4 Å². The zero-order valence-electron chi connectivity index (χ0n) is 21.8. The second-order valence-corrected chi connectivity index (χ2v) is 12.1. The minimum Gasteiger partial charge on any atom is -0.495 e. The van der Waals surface area contributed by atoms with Crippen molar-refractivity contribution in [2.75, 3.05) is 19.0 Å². The number of ether oxygens (including phenoxy) is 1. The molecule has 1 aliphatic heterocycles. The number of hydrogen-bond acceptors (Lipinski definition) is 5. The van der Waals surface area contributed by atoms with Gasteiger partial charge < -0.3 is 20.3 Å². The molecule has 3 amide bonds. The summed E-state index contributed by atoms with van der Waals surface area (Å²) in [6, 6.07) is 14.1. The standard InChI is InChI=1S/C28H29Cl2N3O5S/c1-17(24-10-11-25(38-3)27(30)26(24)29)31-28(35)32-22-6-8-23(9-7-22)39(36,37)16-19-4-5-21-15-33(18(2)34)13-12-20(21)14-19/h4-11,14,17H,12-13,15-16H2,1-3H3,(H2,31,32,35)/t17-/m0/s1. The SMILES string of the molecule is COc1ccc([C@H](C)NC(=O)Nc2ccc(S(=O)(=O)Cc3ccc4c(c3)CCN(C(C)=O)C4)cc2)c(Cl)c1Cl. The number of rotatable bonds is 7. The first-order valence-corrected chi connectivity index (χ1v) is 14.7. The van der Waals surface area contributed by atoms with Crippen molar-refractivity contribution >= 4 is 50.7 Å². The fraction of sp³-hybridized carbons (Fsp3) is 0.286. The minimum atomic E-state index is -3.61. The highest BCUT2D eigenvalue weighted by Crippen LogP contribution is 2.37. The summed E-state index contributed by atoms with van der Waals surface area (Å²) in [6.45, 7) is 4.48. The first-order valence-electron chi connectivity index (χ1n) is 12.3. The Morgan fingerprint density at radius 3 is 2.41 bits per heavy atom. The third-order valence-corrected chi connectivity index (χ3v) is 9.25. The topological polar surface area (TPSA) is 105 Å². The molecule has 0 unspecified atom stereocenters. The second-order valence-electron chi connectivity index (χ2n) is 9.38. The number of methoxy groups -OCH3 is 1. The number of carbonyl (C=O) groups is 2. The lowest BCUT2D eigenvalue weighted by molar-refractivity contribution is -0.129. The fourth-order valence-corrected chi connectivity index (χ4v) is 6.40. The number of halogens is 2. The molecule has 0 saturated carbocycles.